The molecule has 1 aliphatic heterocycles. The first-order valence-corrected chi connectivity index (χ1v) is 14.1. The van der Waals surface area contributed by atoms with E-state index in [2.05, 4.69) is 4.98 Å². The van der Waals surface area contributed by atoms with Crippen molar-refractivity contribution in [2.75, 3.05) is 0 Å². The van der Waals surface area contributed by atoms with E-state index in [1.807, 2.05) is 66.9 Å². The van der Waals surface area contributed by atoms with E-state index in [0.717, 1.165) is 21.7 Å². The van der Waals surface area contributed by atoms with Crippen LogP contribution in [0.25, 0.3) is 23.0 Å². The number of hydrogen-bond acceptors (Lipinski definition) is 6. The largest absolute Gasteiger partial charge is 0.489 e. The molecule has 0 atom stereocenters. The summed E-state index contributed by atoms with van der Waals surface area (Å²) in [5, 5.41) is 14.7. The summed E-state index contributed by atoms with van der Waals surface area (Å²) in [5.41, 5.74) is 4.72. The zero-order chi connectivity index (χ0) is 31.3. The molecule has 2 amide bonds. The van der Waals surface area contributed by atoms with Gasteiger partial charge in [-0.3, -0.25) is 19.5 Å². The first-order chi connectivity index (χ1) is 21.9. The fourth-order valence-corrected chi connectivity index (χ4v) is 4.99. The Balaban J connectivity index is 1.38. The van der Waals surface area contributed by atoms with E-state index in [1.165, 1.54) is 12.1 Å². The van der Waals surface area contributed by atoms with Gasteiger partial charge in [0.25, 0.3) is 11.8 Å². The van der Waals surface area contributed by atoms with Crippen LogP contribution < -0.4 is 4.74 Å². The third-order valence-corrected chi connectivity index (χ3v) is 7.40. The highest BCUT2D eigenvalue weighted by atomic mass is 19.1. The Hall–Kier alpha value is -6.14. The van der Waals surface area contributed by atoms with Gasteiger partial charge >= 0.3 is 0 Å². The molecule has 0 spiro atoms. The second kappa shape index (κ2) is 12.6. The lowest BCUT2D eigenvalue weighted by Crippen LogP contribution is -2.42. The van der Waals surface area contributed by atoms with Crippen LogP contribution in [0.4, 0.5) is 4.39 Å². The number of benzene rings is 3. The zero-order valence-electron chi connectivity index (χ0n) is 24.2. The molecule has 6 rings (SSSR count). The maximum Gasteiger partial charge on any atom is 0.271 e. The van der Waals surface area contributed by atoms with Crippen LogP contribution in [0.2, 0.25) is 0 Å². The van der Waals surface area contributed by atoms with Crippen LogP contribution in [0, 0.1) is 17.1 Å². The Morgan fingerprint density at radius 3 is 2.36 bits per heavy atom. The number of para-hydroxylation sites is 1. The molecule has 0 N–H and O–H groups in total. The van der Waals surface area contributed by atoms with Gasteiger partial charge < -0.3 is 4.74 Å². The molecule has 3 heterocycles. The van der Waals surface area contributed by atoms with Crippen molar-refractivity contribution in [2.24, 2.45) is 0 Å². The van der Waals surface area contributed by atoms with E-state index in [0.29, 0.717) is 28.1 Å². The normalized spacial score (nSPS) is 14.2. The number of amides is 2. The van der Waals surface area contributed by atoms with Gasteiger partial charge in [-0.05, 0) is 84.3 Å². The number of carbonyl (C=O) groups excluding carboxylic acids is 2. The molecule has 0 unspecified atom stereocenters. The number of rotatable bonds is 8. The molecule has 1 aliphatic rings. The molecule has 0 fully saturated rings. The van der Waals surface area contributed by atoms with Crippen LogP contribution in [0.1, 0.15) is 23.6 Å². The molecular formula is C36H26FN5O3. The van der Waals surface area contributed by atoms with Gasteiger partial charge in [0.15, 0.2) is 0 Å². The molecule has 220 valence electrons. The standard InChI is InChI=1S/C36H26FN5O3/c1-24-32(35(43)41(36(44)33(24)19-38)21-26-6-5-17-39-20-26)18-28-22-42(30-7-3-2-4-8-30)40-34(28)27-11-15-31(16-12-27)45-23-25-9-13-29(37)14-10-25/h2-18,20,22H,21,23H2,1H3/b32-18+. The van der Waals surface area contributed by atoms with Gasteiger partial charge in [-0.25, -0.2) is 9.07 Å². The van der Waals surface area contributed by atoms with Crippen LogP contribution in [-0.2, 0) is 22.7 Å². The summed E-state index contributed by atoms with van der Waals surface area (Å²) >= 11 is 0. The summed E-state index contributed by atoms with van der Waals surface area (Å²) in [6.07, 6.45) is 6.68. The SMILES string of the molecule is CC1=C(C#N)C(=O)N(Cc2cccnc2)C(=O)/C1=C/c1cn(-c2ccccc2)nc1-c1ccc(OCc2ccc(F)cc2)cc1. The number of nitrogens with zero attached hydrogens (tertiary/aromatic N) is 5. The molecule has 0 saturated carbocycles. The van der Waals surface area contributed by atoms with Gasteiger partial charge in [0, 0.05) is 35.3 Å². The predicted molar refractivity (Wildman–Crippen MR) is 166 cm³/mol. The highest BCUT2D eigenvalue weighted by molar-refractivity contribution is 6.19. The van der Waals surface area contributed by atoms with Crippen LogP contribution in [0.5, 0.6) is 5.75 Å². The second-order valence-corrected chi connectivity index (χ2v) is 10.4. The summed E-state index contributed by atoms with van der Waals surface area (Å²) in [6, 6.07) is 28.5. The molecule has 45 heavy (non-hydrogen) atoms. The molecule has 3 aromatic carbocycles. The maximum absolute atomic E-state index is 13.8. The lowest BCUT2D eigenvalue weighted by atomic mass is 9.93. The van der Waals surface area contributed by atoms with E-state index >= 15 is 0 Å². The van der Waals surface area contributed by atoms with Gasteiger partial charge in [0.1, 0.15) is 29.8 Å². The average Bonchev–Trinajstić information content (AvgIpc) is 3.50. The van der Waals surface area contributed by atoms with Crippen molar-refractivity contribution in [1.82, 2.24) is 19.7 Å². The molecule has 0 aliphatic carbocycles. The Bertz CT molecular complexity index is 1970. The van der Waals surface area contributed by atoms with Gasteiger partial charge in [-0.15, -0.1) is 0 Å². The van der Waals surface area contributed by atoms with Crippen molar-refractivity contribution in [3.05, 3.63) is 149 Å². The molecule has 0 saturated heterocycles. The smallest absolute Gasteiger partial charge is 0.271 e. The third-order valence-electron chi connectivity index (χ3n) is 7.40. The lowest BCUT2D eigenvalue weighted by molar-refractivity contribution is -0.141. The quantitative estimate of drug-likeness (QED) is 0.151. The van der Waals surface area contributed by atoms with Gasteiger partial charge in [0.05, 0.1) is 17.9 Å². The second-order valence-electron chi connectivity index (χ2n) is 10.4. The first kappa shape index (κ1) is 29.0. The van der Waals surface area contributed by atoms with Crippen LogP contribution in [0.3, 0.4) is 0 Å². The zero-order valence-corrected chi connectivity index (χ0v) is 24.2. The maximum atomic E-state index is 13.8. The first-order valence-electron chi connectivity index (χ1n) is 14.1. The van der Waals surface area contributed by atoms with Crippen LogP contribution in [0.15, 0.2) is 126 Å². The predicted octanol–water partition coefficient (Wildman–Crippen LogP) is 6.44. The van der Waals surface area contributed by atoms with Crippen molar-refractivity contribution >= 4 is 17.9 Å². The molecule has 2 aromatic heterocycles. The van der Waals surface area contributed by atoms with E-state index in [1.54, 1.807) is 54.3 Å². The highest BCUT2D eigenvalue weighted by Crippen LogP contribution is 2.32. The number of carbonyl (C=O) groups is 2. The Morgan fingerprint density at radius 1 is 0.911 bits per heavy atom. The minimum atomic E-state index is -0.641. The Morgan fingerprint density at radius 2 is 1.67 bits per heavy atom. The number of aromatic nitrogens is 3. The molecule has 9 heteroatoms. The van der Waals surface area contributed by atoms with Crippen molar-refractivity contribution in [2.45, 2.75) is 20.1 Å². The van der Waals surface area contributed by atoms with Gasteiger partial charge in [-0.1, -0.05) is 36.4 Å². The molecule has 5 aromatic rings. The number of pyridine rings is 1. The van der Waals surface area contributed by atoms with Crippen LogP contribution >= 0.6 is 0 Å². The van der Waals surface area contributed by atoms with Gasteiger partial charge in [-0.2, -0.15) is 10.4 Å². The topological polar surface area (TPSA) is 101 Å². The van der Waals surface area contributed by atoms with Crippen molar-refractivity contribution in [3.63, 3.8) is 0 Å². The number of nitriles is 1. The van der Waals surface area contributed by atoms with Crippen molar-refractivity contribution in [3.8, 4) is 28.8 Å². The van der Waals surface area contributed by atoms with Gasteiger partial charge in [0.2, 0.25) is 0 Å². The van der Waals surface area contributed by atoms with Crippen LogP contribution in [-0.4, -0.2) is 31.5 Å². The molecule has 0 bridgehead atoms. The summed E-state index contributed by atoms with van der Waals surface area (Å²) in [6.45, 7) is 1.87. The lowest BCUT2D eigenvalue weighted by Gasteiger charge is -2.27. The summed E-state index contributed by atoms with van der Waals surface area (Å²) in [5.74, 6) is -0.836. The summed E-state index contributed by atoms with van der Waals surface area (Å²) in [7, 11) is 0. The monoisotopic (exact) mass is 595 g/mol. The van der Waals surface area contributed by atoms with Crippen molar-refractivity contribution in [1.29, 1.82) is 5.26 Å². The average molecular weight is 596 g/mol. The van der Waals surface area contributed by atoms with Crippen molar-refractivity contribution < 1.29 is 18.7 Å². The number of halogens is 1. The summed E-state index contributed by atoms with van der Waals surface area (Å²) in [4.78, 5) is 32.1. The molecule has 0 radical (unpaired) electrons. The minimum Gasteiger partial charge on any atom is -0.489 e. The fraction of sp³-hybridized carbons (Fsp3) is 0.0833. The minimum absolute atomic E-state index is 0.0170. The fourth-order valence-electron chi connectivity index (χ4n) is 4.99. The van der Waals surface area contributed by atoms with E-state index in [9.17, 15) is 19.2 Å². The highest BCUT2D eigenvalue weighted by Gasteiger charge is 2.35. The number of ether oxygens (including phenoxy) is 1. The summed E-state index contributed by atoms with van der Waals surface area (Å²) < 4.78 is 20.9. The number of hydrogen-bond donors (Lipinski definition) is 0. The van der Waals surface area contributed by atoms with E-state index in [-0.39, 0.29) is 30.1 Å². The number of imide groups is 1. The molecule has 8 nitrogen and oxygen atoms in total. The van der Waals surface area contributed by atoms with E-state index in [4.69, 9.17) is 9.84 Å². The third kappa shape index (κ3) is 6.17. The molecular weight excluding hydrogens is 569 g/mol. The Labute approximate surface area is 259 Å². The Kier molecular flexibility index (Phi) is 8.12. The van der Waals surface area contributed by atoms with E-state index < -0.39 is 11.8 Å².